The first-order valence-corrected chi connectivity index (χ1v) is 9.45. The molecule has 2 heterocycles. The number of hydrogen-bond donors (Lipinski definition) is 1. The summed E-state index contributed by atoms with van der Waals surface area (Å²) in [5.74, 6) is 0.789. The zero-order valence-electron chi connectivity index (χ0n) is 16.2. The van der Waals surface area contributed by atoms with E-state index < -0.39 is 0 Å². The monoisotopic (exact) mass is 351 g/mol. The van der Waals surface area contributed by atoms with Gasteiger partial charge in [0.25, 0.3) is 5.91 Å². The number of hydrogen-bond acceptors (Lipinski definition) is 3. The van der Waals surface area contributed by atoms with Crippen molar-refractivity contribution in [1.82, 2.24) is 9.88 Å². The number of aromatic nitrogens is 1. The Balaban J connectivity index is 1.70. The molecule has 4 nitrogen and oxygen atoms in total. The second-order valence-electron chi connectivity index (χ2n) is 8.39. The van der Waals surface area contributed by atoms with Gasteiger partial charge in [0.15, 0.2) is 0 Å². The van der Waals surface area contributed by atoms with Crippen LogP contribution < -0.4 is 5.32 Å². The quantitative estimate of drug-likeness (QED) is 0.847. The van der Waals surface area contributed by atoms with Crippen LogP contribution in [0.3, 0.4) is 0 Å². The van der Waals surface area contributed by atoms with E-state index in [4.69, 9.17) is 0 Å². The van der Waals surface area contributed by atoms with Crippen LogP contribution >= 0.6 is 0 Å². The predicted molar refractivity (Wildman–Crippen MR) is 107 cm³/mol. The Bertz CT molecular complexity index is 754. The number of carbonyl (C=O) groups excluding carboxylic acids is 1. The summed E-state index contributed by atoms with van der Waals surface area (Å²) >= 11 is 0. The second-order valence-corrected chi connectivity index (χ2v) is 8.39. The molecule has 0 spiro atoms. The first kappa shape index (κ1) is 18.4. The topological polar surface area (TPSA) is 45.2 Å². The summed E-state index contributed by atoms with van der Waals surface area (Å²) in [7, 11) is 0. The number of carbonyl (C=O) groups is 1. The number of nitrogens with one attached hydrogen (secondary N) is 1. The summed E-state index contributed by atoms with van der Waals surface area (Å²) in [6.07, 6.45) is 5.58. The van der Waals surface area contributed by atoms with Gasteiger partial charge in [0.2, 0.25) is 0 Å². The van der Waals surface area contributed by atoms with Crippen molar-refractivity contribution in [3.63, 3.8) is 0 Å². The number of nitrogens with zero attached hydrogens (tertiary/aromatic N) is 2. The lowest BCUT2D eigenvalue weighted by molar-refractivity contribution is 0.0697. The van der Waals surface area contributed by atoms with Crippen LogP contribution in [0.15, 0.2) is 42.7 Å². The van der Waals surface area contributed by atoms with Crippen molar-refractivity contribution in [2.45, 2.75) is 46.0 Å². The van der Waals surface area contributed by atoms with Gasteiger partial charge in [0.1, 0.15) is 0 Å². The molecule has 1 aromatic carbocycles. The van der Waals surface area contributed by atoms with E-state index in [-0.39, 0.29) is 11.3 Å². The van der Waals surface area contributed by atoms with Crippen LogP contribution in [0.2, 0.25) is 0 Å². The molecule has 138 valence electrons. The molecule has 0 atom stereocenters. The first-order valence-electron chi connectivity index (χ1n) is 9.45. The minimum absolute atomic E-state index is 0.0798. The molecule has 1 fully saturated rings. The number of amides is 1. The van der Waals surface area contributed by atoms with E-state index in [1.807, 2.05) is 11.0 Å². The van der Waals surface area contributed by atoms with Gasteiger partial charge in [-0.15, -0.1) is 0 Å². The second kappa shape index (κ2) is 7.48. The van der Waals surface area contributed by atoms with Gasteiger partial charge in [-0.05, 0) is 47.9 Å². The molecule has 1 aromatic heterocycles. The fourth-order valence-corrected chi connectivity index (χ4v) is 3.24. The maximum atomic E-state index is 12.7. The van der Waals surface area contributed by atoms with Crippen molar-refractivity contribution >= 4 is 17.3 Å². The van der Waals surface area contributed by atoms with Crippen molar-refractivity contribution in [2.75, 3.05) is 18.4 Å². The molecule has 1 aliphatic heterocycles. The van der Waals surface area contributed by atoms with E-state index in [9.17, 15) is 4.79 Å². The van der Waals surface area contributed by atoms with Crippen LogP contribution in [0.4, 0.5) is 11.4 Å². The Kier molecular flexibility index (Phi) is 5.30. The third-order valence-electron chi connectivity index (χ3n) is 5.10. The van der Waals surface area contributed by atoms with E-state index in [0.717, 1.165) is 37.3 Å². The Morgan fingerprint density at radius 2 is 1.73 bits per heavy atom. The van der Waals surface area contributed by atoms with Gasteiger partial charge in [-0.1, -0.05) is 39.8 Å². The number of rotatable bonds is 3. The van der Waals surface area contributed by atoms with Crippen molar-refractivity contribution in [1.29, 1.82) is 0 Å². The summed E-state index contributed by atoms with van der Waals surface area (Å²) in [5.41, 5.74) is 3.92. The average molecular weight is 351 g/mol. The Labute approximate surface area is 156 Å². The van der Waals surface area contributed by atoms with Crippen molar-refractivity contribution in [2.24, 2.45) is 5.92 Å². The van der Waals surface area contributed by atoms with Crippen LogP contribution in [0.5, 0.6) is 0 Å². The third kappa shape index (κ3) is 4.43. The standard InChI is InChI=1S/C22H29N3O/c1-16-9-11-25(12-10-16)21(26)17-13-20(15-23-14-17)24-19-7-5-18(6-8-19)22(2,3)4/h5-8,13-16,24H,9-12H2,1-4H3. The van der Waals surface area contributed by atoms with Crippen molar-refractivity contribution in [3.05, 3.63) is 53.9 Å². The Morgan fingerprint density at radius 3 is 2.35 bits per heavy atom. The van der Waals surface area contributed by atoms with Crippen molar-refractivity contribution < 1.29 is 4.79 Å². The van der Waals surface area contributed by atoms with E-state index in [1.165, 1.54) is 5.56 Å². The molecular formula is C22H29N3O. The van der Waals surface area contributed by atoms with E-state index in [2.05, 4.69) is 62.3 Å². The minimum Gasteiger partial charge on any atom is -0.354 e. The van der Waals surface area contributed by atoms with E-state index >= 15 is 0 Å². The van der Waals surface area contributed by atoms with Crippen LogP contribution in [0, 0.1) is 5.92 Å². The highest BCUT2D eigenvalue weighted by Crippen LogP contribution is 2.25. The van der Waals surface area contributed by atoms with E-state index in [1.54, 1.807) is 12.4 Å². The highest BCUT2D eigenvalue weighted by Gasteiger charge is 2.21. The zero-order valence-corrected chi connectivity index (χ0v) is 16.2. The molecule has 0 aliphatic carbocycles. The Hall–Kier alpha value is -2.36. The summed E-state index contributed by atoms with van der Waals surface area (Å²) in [4.78, 5) is 18.9. The molecular weight excluding hydrogens is 322 g/mol. The van der Waals surface area contributed by atoms with Gasteiger partial charge in [-0.3, -0.25) is 9.78 Å². The van der Waals surface area contributed by atoms with E-state index in [0.29, 0.717) is 11.5 Å². The average Bonchev–Trinajstić information content (AvgIpc) is 2.62. The fraction of sp³-hybridized carbons (Fsp3) is 0.455. The van der Waals surface area contributed by atoms with Crippen LogP contribution in [-0.2, 0) is 5.41 Å². The maximum Gasteiger partial charge on any atom is 0.255 e. The molecule has 26 heavy (non-hydrogen) atoms. The SMILES string of the molecule is CC1CCN(C(=O)c2cncc(Nc3ccc(C(C)(C)C)cc3)c2)CC1. The molecule has 1 saturated heterocycles. The van der Waals surface area contributed by atoms with Crippen molar-refractivity contribution in [3.8, 4) is 0 Å². The molecule has 2 aromatic rings. The van der Waals surface area contributed by atoms with Crippen LogP contribution in [0.1, 0.15) is 56.5 Å². The van der Waals surface area contributed by atoms with Gasteiger partial charge < -0.3 is 10.2 Å². The lowest BCUT2D eigenvalue weighted by atomic mass is 9.87. The lowest BCUT2D eigenvalue weighted by Crippen LogP contribution is -2.37. The number of piperidine rings is 1. The molecule has 1 amide bonds. The smallest absolute Gasteiger partial charge is 0.255 e. The summed E-state index contributed by atoms with van der Waals surface area (Å²) in [5, 5.41) is 3.35. The van der Waals surface area contributed by atoms with Crippen LogP contribution in [0.25, 0.3) is 0 Å². The largest absolute Gasteiger partial charge is 0.354 e. The van der Waals surface area contributed by atoms with Crippen LogP contribution in [-0.4, -0.2) is 28.9 Å². The molecule has 0 radical (unpaired) electrons. The number of benzene rings is 1. The summed E-state index contributed by atoms with van der Waals surface area (Å²) in [6.45, 7) is 10.5. The van der Waals surface area contributed by atoms with Gasteiger partial charge in [-0.2, -0.15) is 0 Å². The number of anilines is 2. The molecule has 1 N–H and O–H groups in total. The first-order chi connectivity index (χ1) is 12.3. The molecule has 0 saturated carbocycles. The van der Waals surface area contributed by atoms with Gasteiger partial charge in [0, 0.05) is 25.0 Å². The molecule has 1 aliphatic rings. The third-order valence-corrected chi connectivity index (χ3v) is 5.10. The fourth-order valence-electron chi connectivity index (χ4n) is 3.24. The maximum absolute atomic E-state index is 12.7. The van der Waals surface area contributed by atoms with Gasteiger partial charge in [-0.25, -0.2) is 0 Å². The highest BCUT2D eigenvalue weighted by molar-refractivity contribution is 5.95. The highest BCUT2D eigenvalue weighted by atomic mass is 16.2. The minimum atomic E-state index is 0.0798. The lowest BCUT2D eigenvalue weighted by Gasteiger charge is -2.30. The predicted octanol–water partition coefficient (Wildman–Crippen LogP) is 4.99. The molecule has 3 rings (SSSR count). The molecule has 0 bridgehead atoms. The Morgan fingerprint density at radius 1 is 1.08 bits per heavy atom. The number of likely N-dealkylation sites (tertiary alicyclic amines) is 1. The normalized spacial score (nSPS) is 15.8. The molecule has 4 heteroatoms. The summed E-state index contributed by atoms with van der Waals surface area (Å²) < 4.78 is 0. The zero-order chi connectivity index (χ0) is 18.7. The van der Waals surface area contributed by atoms with Gasteiger partial charge in [0.05, 0.1) is 17.4 Å². The molecule has 0 unspecified atom stereocenters. The summed E-state index contributed by atoms with van der Waals surface area (Å²) in [6, 6.07) is 10.3. The van der Waals surface area contributed by atoms with Gasteiger partial charge >= 0.3 is 0 Å². The number of pyridine rings is 1.